The molecule has 1 aromatic carbocycles. The first-order chi connectivity index (χ1) is 8.54. The molecule has 1 fully saturated rings. The van der Waals surface area contributed by atoms with Crippen molar-refractivity contribution in [2.45, 2.75) is 12.3 Å². The van der Waals surface area contributed by atoms with E-state index in [9.17, 15) is 9.18 Å². The number of carbonyl (C=O) groups is 1. The molecule has 0 saturated heterocycles. The maximum atomic E-state index is 13.4. The van der Waals surface area contributed by atoms with Crippen LogP contribution in [0.5, 0.6) is 5.75 Å². The highest BCUT2D eigenvalue weighted by molar-refractivity contribution is 6.31. The van der Waals surface area contributed by atoms with E-state index >= 15 is 0 Å². The molecule has 1 aromatic rings. The first kappa shape index (κ1) is 13.0. The van der Waals surface area contributed by atoms with Crippen molar-refractivity contribution in [2.24, 2.45) is 5.92 Å². The van der Waals surface area contributed by atoms with Crippen molar-refractivity contribution in [1.29, 1.82) is 0 Å². The van der Waals surface area contributed by atoms with Gasteiger partial charge < -0.3 is 15.2 Å². The molecule has 0 aliphatic heterocycles. The largest absolute Gasteiger partial charge is 0.496 e. The van der Waals surface area contributed by atoms with Crippen LogP contribution in [-0.2, 0) is 0 Å². The molecular weight excluding hydrogens is 261 g/mol. The van der Waals surface area contributed by atoms with E-state index in [4.69, 9.17) is 21.4 Å². The topological polar surface area (TPSA) is 58.6 Å². The Kier molecular flexibility index (Phi) is 3.61. The van der Waals surface area contributed by atoms with Crippen LogP contribution in [0.15, 0.2) is 12.1 Å². The Balaban J connectivity index is 2.15. The number of hydrogen-bond acceptors (Lipinski definition) is 2. The van der Waals surface area contributed by atoms with Crippen molar-refractivity contribution < 1.29 is 19.0 Å². The van der Waals surface area contributed by atoms with Gasteiger partial charge in [-0.25, -0.2) is 9.18 Å². The van der Waals surface area contributed by atoms with Crippen LogP contribution in [0, 0.1) is 11.7 Å². The summed E-state index contributed by atoms with van der Waals surface area (Å²) in [6.07, 6.45) is -0.280. The number of carboxylic acid groups (broad SMARTS) is 1. The molecule has 2 unspecified atom stereocenters. The predicted octanol–water partition coefficient (Wildman–Crippen LogP) is 2.86. The van der Waals surface area contributed by atoms with Gasteiger partial charge in [-0.3, -0.25) is 0 Å². The third kappa shape index (κ3) is 2.51. The van der Waals surface area contributed by atoms with E-state index in [0.29, 0.717) is 17.9 Å². The van der Waals surface area contributed by atoms with Gasteiger partial charge in [-0.2, -0.15) is 0 Å². The van der Waals surface area contributed by atoms with Crippen LogP contribution in [0.1, 0.15) is 17.9 Å². The molecule has 1 saturated carbocycles. The molecule has 98 valence electrons. The summed E-state index contributed by atoms with van der Waals surface area (Å²) in [7, 11) is 1.50. The fourth-order valence-electron chi connectivity index (χ4n) is 2.12. The Bertz CT molecular complexity index is 481. The van der Waals surface area contributed by atoms with Crippen molar-refractivity contribution in [3.63, 3.8) is 0 Å². The fraction of sp³-hybridized carbons (Fsp3) is 0.417. The lowest BCUT2D eigenvalue weighted by molar-refractivity contribution is 0.194. The van der Waals surface area contributed by atoms with Gasteiger partial charge in [0.1, 0.15) is 11.6 Å². The number of nitrogens with one attached hydrogen (secondary N) is 1. The molecule has 2 atom stereocenters. The number of methoxy groups -OCH3 is 1. The van der Waals surface area contributed by atoms with Crippen LogP contribution in [0.4, 0.5) is 9.18 Å². The van der Waals surface area contributed by atoms with Crippen LogP contribution >= 0.6 is 11.6 Å². The van der Waals surface area contributed by atoms with E-state index in [1.54, 1.807) is 0 Å². The zero-order valence-corrected chi connectivity index (χ0v) is 10.5. The predicted molar refractivity (Wildman–Crippen MR) is 64.8 cm³/mol. The Labute approximate surface area is 109 Å². The zero-order chi connectivity index (χ0) is 13.3. The molecule has 6 heteroatoms. The Morgan fingerprint density at radius 3 is 3.00 bits per heavy atom. The van der Waals surface area contributed by atoms with Crippen molar-refractivity contribution in [3.05, 3.63) is 28.5 Å². The number of rotatable bonds is 4. The van der Waals surface area contributed by atoms with Crippen LogP contribution in [0.25, 0.3) is 0 Å². The Hall–Kier alpha value is -1.49. The maximum absolute atomic E-state index is 13.4. The number of amides is 1. The second kappa shape index (κ2) is 5.02. The van der Waals surface area contributed by atoms with Crippen molar-refractivity contribution >= 4 is 17.7 Å². The second-order valence-electron chi connectivity index (χ2n) is 4.27. The quantitative estimate of drug-likeness (QED) is 0.887. The monoisotopic (exact) mass is 273 g/mol. The molecule has 1 amide bonds. The zero-order valence-electron chi connectivity index (χ0n) is 9.74. The summed E-state index contributed by atoms with van der Waals surface area (Å²) in [5, 5.41) is 10.9. The molecule has 0 radical (unpaired) electrons. The third-order valence-electron chi connectivity index (χ3n) is 3.12. The summed E-state index contributed by atoms with van der Waals surface area (Å²) in [6, 6.07) is 2.80. The maximum Gasteiger partial charge on any atom is 0.404 e. The van der Waals surface area contributed by atoms with Gasteiger partial charge in [-0.15, -0.1) is 0 Å². The molecule has 0 aromatic heterocycles. The summed E-state index contributed by atoms with van der Waals surface area (Å²) in [6.45, 7) is 0.343. The molecule has 0 bridgehead atoms. The van der Waals surface area contributed by atoms with Gasteiger partial charge in [0.15, 0.2) is 0 Å². The van der Waals surface area contributed by atoms with E-state index in [2.05, 4.69) is 5.32 Å². The van der Waals surface area contributed by atoms with Crippen LogP contribution in [-0.4, -0.2) is 24.9 Å². The summed E-state index contributed by atoms with van der Waals surface area (Å²) in [5.41, 5.74) is 0.636. The normalized spacial score (nSPS) is 21.5. The van der Waals surface area contributed by atoms with Crippen molar-refractivity contribution in [3.8, 4) is 5.75 Å². The molecule has 1 aliphatic rings. The van der Waals surface area contributed by atoms with E-state index < -0.39 is 11.9 Å². The van der Waals surface area contributed by atoms with Gasteiger partial charge in [-0.05, 0) is 30.4 Å². The van der Waals surface area contributed by atoms with E-state index in [1.807, 2.05) is 0 Å². The molecule has 0 spiro atoms. The van der Waals surface area contributed by atoms with Crippen molar-refractivity contribution in [1.82, 2.24) is 5.32 Å². The van der Waals surface area contributed by atoms with Crippen LogP contribution < -0.4 is 10.1 Å². The minimum Gasteiger partial charge on any atom is -0.496 e. The van der Waals surface area contributed by atoms with E-state index in [0.717, 1.165) is 6.42 Å². The number of halogens is 2. The molecule has 4 nitrogen and oxygen atoms in total. The van der Waals surface area contributed by atoms with Crippen LogP contribution in [0.3, 0.4) is 0 Å². The summed E-state index contributed by atoms with van der Waals surface area (Å²) in [5.74, 6) is 0.262. The molecule has 2 N–H and O–H groups in total. The highest BCUT2D eigenvalue weighted by Gasteiger charge is 2.41. The first-order valence-electron chi connectivity index (χ1n) is 5.53. The molecule has 1 aliphatic carbocycles. The van der Waals surface area contributed by atoms with Gasteiger partial charge in [0.25, 0.3) is 0 Å². The summed E-state index contributed by atoms with van der Waals surface area (Å²) >= 11 is 5.95. The SMILES string of the molecule is COc1ccc(F)c(Cl)c1C1CC1CNC(=O)O. The highest BCUT2D eigenvalue weighted by atomic mass is 35.5. The first-order valence-corrected chi connectivity index (χ1v) is 5.91. The number of hydrogen-bond donors (Lipinski definition) is 2. The average molecular weight is 274 g/mol. The standard InChI is InChI=1S/C12H13ClFNO3/c1-18-9-3-2-8(14)11(13)10(9)7-4-6(7)5-15-12(16)17/h2-3,6-7,15H,4-5H2,1H3,(H,16,17). The lowest BCUT2D eigenvalue weighted by atomic mass is 10.1. The minimum atomic E-state index is -1.06. The molecule has 2 rings (SSSR count). The minimum absolute atomic E-state index is 0.0509. The highest BCUT2D eigenvalue weighted by Crippen LogP contribution is 2.52. The van der Waals surface area contributed by atoms with Gasteiger partial charge in [0.2, 0.25) is 0 Å². The lowest BCUT2D eigenvalue weighted by Gasteiger charge is -2.11. The van der Waals surface area contributed by atoms with Crippen molar-refractivity contribution in [2.75, 3.05) is 13.7 Å². The number of benzene rings is 1. The lowest BCUT2D eigenvalue weighted by Crippen LogP contribution is -2.23. The Morgan fingerprint density at radius 1 is 1.67 bits per heavy atom. The molecule has 0 heterocycles. The van der Waals surface area contributed by atoms with Gasteiger partial charge in [-0.1, -0.05) is 11.6 Å². The fourth-order valence-corrected chi connectivity index (χ4v) is 2.41. The third-order valence-corrected chi connectivity index (χ3v) is 3.51. The van der Waals surface area contributed by atoms with E-state index in [1.165, 1.54) is 19.2 Å². The number of ether oxygens (including phenoxy) is 1. The van der Waals surface area contributed by atoms with E-state index in [-0.39, 0.29) is 16.9 Å². The Morgan fingerprint density at radius 2 is 2.39 bits per heavy atom. The smallest absolute Gasteiger partial charge is 0.404 e. The van der Waals surface area contributed by atoms with Gasteiger partial charge >= 0.3 is 6.09 Å². The molecular formula is C12H13ClFNO3. The van der Waals surface area contributed by atoms with Gasteiger partial charge in [0.05, 0.1) is 12.1 Å². The summed E-state index contributed by atoms with van der Waals surface area (Å²) in [4.78, 5) is 10.4. The average Bonchev–Trinajstić information content (AvgIpc) is 3.09. The van der Waals surface area contributed by atoms with Crippen LogP contribution in [0.2, 0.25) is 5.02 Å². The molecule has 18 heavy (non-hydrogen) atoms. The summed E-state index contributed by atoms with van der Waals surface area (Å²) < 4.78 is 18.6. The second-order valence-corrected chi connectivity index (χ2v) is 4.64. The van der Waals surface area contributed by atoms with Gasteiger partial charge in [0, 0.05) is 12.1 Å².